The smallest absolute Gasteiger partial charge is 0.133 e. The maximum atomic E-state index is 4.65. The van der Waals surface area contributed by atoms with Crippen molar-refractivity contribution in [1.82, 2.24) is 15.2 Å². The molecule has 1 aromatic heterocycles. The van der Waals surface area contributed by atoms with Crippen LogP contribution in [0.15, 0.2) is 30.5 Å². The number of hydrogen-bond acceptors (Lipinski definition) is 4. The van der Waals surface area contributed by atoms with Crippen LogP contribution in [0.1, 0.15) is 24.8 Å². The van der Waals surface area contributed by atoms with Gasteiger partial charge >= 0.3 is 0 Å². The van der Waals surface area contributed by atoms with Crippen LogP contribution in [-0.4, -0.2) is 49.7 Å². The lowest BCUT2D eigenvalue weighted by Gasteiger charge is -2.34. The number of piperazine rings is 1. The predicted octanol–water partition coefficient (Wildman–Crippen LogP) is 2.28. The lowest BCUT2D eigenvalue weighted by atomic mass is 9.94. The first-order valence-electron chi connectivity index (χ1n) is 8.56. The van der Waals surface area contributed by atoms with Crippen LogP contribution in [0.25, 0.3) is 0 Å². The number of pyridine rings is 1. The van der Waals surface area contributed by atoms with Crippen LogP contribution in [0.3, 0.4) is 0 Å². The molecule has 0 saturated carbocycles. The topological polar surface area (TPSA) is 31.4 Å². The fourth-order valence-electron chi connectivity index (χ4n) is 3.32. The van der Waals surface area contributed by atoms with Crippen LogP contribution < -0.4 is 10.2 Å². The molecule has 0 aromatic carbocycles. The van der Waals surface area contributed by atoms with E-state index in [4.69, 9.17) is 0 Å². The van der Waals surface area contributed by atoms with Crippen molar-refractivity contribution in [2.45, 2.75) is 25.8 Å². The van der Waals surface area contributed by atoms with Gasteiger partial charge in [-0.2, -0.15) is 0 Å². The molecule has 0 bridgehead atoms. The van der Waals surface area contributed by atoms with Crippen LogP contribution in [0.4, 0.5) is 5.82 Å². The Kier molecular flexibility index (Phi) is 5.46. The Balaban J connectivity index is 1.55. The number of anilines is 1. The molecular weight excluding hydrogens is 272 g/mol. The number of likely N-dealkylation sites (N-methyl/N-ethyl adjacent to an activating group) is 1. The zero-order valence-corrected chi connectivity index (χ0v) is 13.7. The van der Waals surface area contributed by atoms with Gasteiger partial charge in [-0.15, -0.1) is 0 Å². The molecule has 120 valence electrons. The minimum absolute atomic E-state index is 0.800. The summed E-state index contributed by atoms with van der Waals surface area (Å²) >= 11 is 0. The summed E-state index contributed by atoms with van der Waals surface area (Å²) in [7, 11) is 2.19. The van der Waals surface area contributed by atoms with Gasteiger partial charge in [-0.3, -0.25) is 0 Å². The highest BCUT2D eigenvalue weighted by Gasteiger charge is 2.18. The van der Waals surface area contributed by atoms with E-state index < -0.39 is 0 Å². The van der Waals surface area contributed by atoms with Gasteiger partial charge in [0, 0.05) is 44.5 Å². The zero-order chi connectivity index (χ0) is 15.2. The van der Waals surface area contributed by atoms with E-state index in [2.05, 4.69) is 51.4 Å². The van der Waals surface area contributed by atoms with Gasteiger partial charge in [0.15, 0.2) is 0 Å². The summed E-state index contributed by atoms with van der Waals surface area (Å²) < 4.78 is 0. The second-order valence-corrected chi connectivity index (χ2v) is 6.56. The summed E-state index contributed by atoms with van der Waals surface area (Å²) in [6.07, 6.45) is 10.3. The first kappa shape index (κ1) is 15.5. The van der Waals surface area contributed by atoms with Gasteiger partial charge in [0.25, 0.3) is 0 Å². The normalized spacial score (nSPS) is 23.0. The SMILES string of the molecule is CN1CCN(c2ncccc2CNCC2CC=CCC2)CC1. The van der Waals surface area contributed by atoms with E-state index in [0.717, 1.165) is 45.2 Å². The number of rotatable bonds is 5. The third-order valence-electron chi connectivity index (χ3n) is 4.80. The fourth-order valence-corrected chi connectivity index (χ4v) is 3.32. The molecule has 4 nitrogen and oxygen atoms in total. The van der Waals surface area contributed by atoms with E-state index >= 15 is 0 Å². The summed E-state index contributed by atoms with van der Waals surface area (Å²) in [6.45, 7) is 6.44. The molecule has 0 spiro atoms. The molecule has 2 heterocycles. The van der Waals surface area contributed by atoms with Crippen molar-refractivity contribution in [3.8, 4) is 0 Å². The van der Waals surface area contributed by atoms with E-state index in [-0.39, 0.29) is 0 Å². The van der Waals surface area contributed by atoms with Crippen molar-refractivity contribution >= 4 is 5.82 Å². The van der Waals surface area contributed by atoms with E-state index in [1.54, 1.807) is 0 Å². The van der Waals surface area contributed by atoms with Crippen molar-refractivity contribution in [3.05, 3.63) is 36.0 Å². The van der Waals surface area contributed by atoms with Crippen molar-refractivity contribution in [3.63, 3.8) is 0 Å². The Hall–Kier alpha value is -1.39. The van der Waals surface area contributed by atoms with Crippen molar-refractivity contribution < 1.29 is 0 Å². The number of hydrogen-bond donors (Lipinski definition) is 1. The molecule has 1 saturated heterocycles. The average Bonchev–Trinajstić information content (AvgIpc) is 2.57. The van der Waals surface area contributed by atoms with Crippen molar-refractivity contribution in [1.29, 1.82) is 0 Å². The molecule has 3 rings (SSSR count). The van der Waals surface area contributed by atoms with Gasteiger partial charge in [-0.25, -0.2) is 4.98 Å². The second-order valence-electron chi connectivity index (χ2n) is 6.56. The van der Waals surface area contributed by atoms with Crippen LogP contribution >= 0.6 is 0 Å². The molecule has 1 aliphatic heterocycles. The summed E-state index contributed by atoms with van der Waals surface area (Å²) in [6, 6.07) is 4.27. The quantitative estimate of drug-likeness (QED) is 0.845. The first-order valence-corrected chi connectivity index (χ1v) is 8.56. The van der Waals surface area contributed by atoms with E-state index in [1.807, 2.05) is 6.20 Å². The Morgan fingerprint density at radius 3 is 2.86 bits per heavy atom. The van der Waals surface area contributed by atoms with Crippen molar-refractivity contribution in [2.24, 2.45) is 5.92 Å². The van der Waals surface area contributed by atoms with Gasteiger partial charge in [-0.05, 0) is 44.8 Å². The highest BCUT2D eigenvalue weighted by molar-refractivity contribution is 5.47. The molecular formula is C18H28N4. The molecule has 4 heteroatoms. The molecule has 0 radical (unpaired) electrons. The van der Waals surface area contributed by atoms with Crippen LogP contribution in [0.2, 0.25) is 0 Å². The Bertz CT molecular complexity index is 492. The average molecular weight is 300 g/mol. The molecule has 1 N–H and O–H groups in total. The van der Waals surface area contributed by atoms with Crippen LogP contribution in [0.5, 0.6) is 0 Å². The minimum Gasteiger partial charge on any atom is -0.354 e. The number of nitrogens with one attached hydrogen (secondary N) is 1. The molecule has 1 fully saturated rings. The van der Waals surface area contributed by atoms with E-state index in [1.165, 1.54) is 30.6 Å². The lowest BCUT2D eigenvalue weighted by molar-refractivity contribution is 0.311. The Labute approximate surface area is 134 Å². The largest absolute Gasteiger partial charge is 0.354 e. The van der Waals surface area contributed by atoms with Gasteiger partial charge in [0.1, 0.15) is 5.82 Å². The fraction of sp³-hybridized carbons (Fsp3) is 0.611. The number of nitrogens with zero attached hydrogens (tertiary/aromatic N) is 3. The van der Waals surface area contributed by atoms with Gasteiger partial charge in [0.05, 0.1) is 0 Å². The van der Waals surface area contributed by atoms with E-state index in [0.29, 0.717) is 0 Å². The number of aromatic nitrogens is 1. The molecule has 0 amide bonds. The molecule has 22 heavy (non-hydrogen) atoms. The van der Waals surface area contributed by atoms with Gasteiger partial charge in [0.2, 0.25) is 0 Å². The van der Waals surface area contributed by atoms with Crippen molar-refractivity contribution in [2.75, 3.05) is 44.7 Å². The maximum absolute atomic E-state index is 4.65. The highest BCUT2D eigenvalue weighted by atomic mass is 15.3. The Morgan fingerprint density at radius 2 is 2.09 bits per heavy atom. The lowest BCUT2D eigenvalue weighted by Crippen LogP contribution is -2.45. The Morgan fingerprint density at radius 1 is 1.23 bits per heavy atom. The summed E-state index contributed by atoms with van der Waals surface area (Å²) in [4.78, 5) is 9.46. The summed E-state index contributed by atoms with van der Waals surface area (Å²) in [5.41, 5.74) is 1.33. The number of allylic oxidation sites excluding steroid dienone is 2. The predicted molar refractivity (Wildman–Crippen MR) is 92.1 cm³/mol. The van der Waals surface area contributed by atoms with Gasteiger partial charge in [-0.1, -0.05) is 18.2 Å². The van der Waals surface area contributed by atoms with E-state index in [9.17, 15) is 0 Å². The molecule has 1 aromatic rings. The van der Waals surface area contributed by atoms with Crippen LogP contribution in [0, 0.1) is 5.92 Å². The maximum Gasteiger partial charge on any atom is 0.133 e. The molecule has 1 aliphatic carbocycles. The summed E-state index contributed by atoms with van der Waals surface area (Å²) in [5.74, 6) is 1.97. The molecule has 2 aliphatic rings. The van der Waals surface area contributed by atoms with Crippen LogP contribution in [-0.2, 0) is 6.54 Å². The standard InChI is InChI=1S/C18H28N4/c1-21-10-12-22(13-11-21)18-17(8-5-9-20-18)15-19-14-16-6-3-2-4-7-16/h2-3,5,8-9,16,19H,4,6-7,10-15H2,1H3. The second kappa shape index (κ2) is 7.75. The zero-order valence-electron chi connectivity index (χ0n) is 13.7. The summed E-state index contributed by atoms with van der Waals surface area (Å²) in [5, 5.41) is 3.65. The monoisotopic (exact) mass is 300 g/mol. The minimum atomic E-state index is 0.800. The third kappa shape index (κ3) is 4.08. The highest BCUT2D eigenvalue weighted by Crippen LogP contribution is 2.20. The van der Waals surface area contributed by atoms with Gasteiger partial charge < -0.3 is 15.1 Å². The molecule has 1 unspecified atom stereocenters. The molecule has 1 atom stereocenters. The third-order valence-corrected chi connectivity index (χ3v) is 4.80. The first-order chi connectivity index (χ1) is 10.8.